The molecule has 352 valence electrons. The van der Waals surface area contributed by atoms with Gasteiger partial charge in [0.05, 0.1) is 33.6 Å². The Morgan fingerprint density at radius 3 is 2.28 bits per heavy atom. The highest BCUT2D eigenvalue weighted by Gasteiger charge is 2.47. The first-order chi connectivity index (χ1) is 32.1. The van der Waals surface area contributed by atoms with Crippen molar-refractivity contribution in [2.45, 2.75) is 109 Å². The summed E-state index contributed by atoms with van der Waals surface area (Å²) in [6, 6.07) is 15.7. The van der Waals surface area contributed by atoms with Crippen LogP contribution in [0.15, 0.2) is 72.5 Å². The number of carbonyl (C=O) groups excluding carboxylic acids is 3. The molecule has 6 heterocycles. The molecule has 9 rings (SSSR count). The number of hydrogen-bond acceptors (Lipinski definition) is 15. The van der Waals surface area contributed by atoms with E-state index in [1.807, 2.05) is 95.1 Å². The molecule has 4 aliphatic rings. The minimum absolute atomic E-state index is 0.0183. The molecule has 5 aromatic rings. The van der Waals surface area contributed by atoms with Gasteiger partial charge < -0.3 is 41.3 Å². The second-order valence-corrected chi connectivity index (χ2v) is 20.6. The summed E-state index contributed by atoms with van der Waals surface area (Å²) < 4.78 is 0. The van der Waals surface area contributed by atoms with Crippen LogP contribution < -0.4 is 26.2 Å². The molecule has 3 amide bonds. The minimum atomic E-state index is -0.886. The van der Waals surface area contributed by atoms with Crippen LogP contribution in [-0.4, -0.2) is 126 Å². The van der Waals surface area contributed by atoms with E-state index in [9.17, 15) is 24.6 Å². The third-order valence-electron chi connectivity index (χ3n) is 14.0. The number of aliphatic hydroxyl groups is 1. The third kappa shape index (κ3) is 9.65. The molecule has 17 nitrogen and oxygen atoms in total. The van der Waals surface area contributed by atoms with Gasteiger partial charge in [-0.25, -0.2) is 15.0 Å². The number of phenolic OH excluding ortho intramolecular Hbond substituents is 1. The number of benzene rings is 2. The fourth-order valence-corrected chi connectivity index (χ4v) is 10.9. The zero-order valence-electron chi connectivity index (χ0n) is 38.7. The summed E-state index contributed by atoms with van der Waals surface area (Å²) >= 11 is 1.58. The summed E-state index contributed by atoms with van der Waals surface area (Å²) in [5.41, 5.74) is 13.4. The van der Waals surface area contributed by atoms with Crippen LogP contribution in [0.3, 0.4) is 0 Å². The monoisotopic (exact) mass is 928 g/mol. The van der Waals surface area contributed by atoms with Crippen molar-refractivity contribution in [2.24, 2.45) is 11.3 Å². The number of nitrogens with two attached hydrogens (primary N) is 1. The van der Waals surface area contributed by atoms with Gasteiger partial charge in [-0.2, -0.15) is 0 Å². The molecule has 2 unspecified atom stereocenters. The first kappa shape index (κ1) is 45.9. The summed E-state index contributed by atoms with van der Waals surface area (Å²) in [7, 11) is 2.04. The number of thiazole rings is 1. The molecule has 67 heavy (non-hydrogen) atoms. The Hall–Kier alpha value is -6.24. The molecule has 3 saturated heterocycles. The van der Waals surface area contributed by atoms with Crippen LogP contribution in [0.4, 0.5) is 17.5 Å². The zero-order valence-corrected chi connectivity index (χ0v) is 39.5. The Kier molecular flexibility index (Phi) is 12.9. The van der Waals surface area contributed by atoms with Crippen molar-refractivity contribution >= 4 is 46.5 Å². The summed E-state index contributed by atoms with van der Waals surface area (Å²) in [6.07, 6.45) is 6.35. The van der Waals surface area contributed by atoms with Crippen LogP contribution >= 0.6 is 11.3 Å². The highest BCUT2D eigenvalue weighted by Crippen LogP contribution is 2.39. The van der Waals surface area contributed by atoms with Gasteiger partial charge in [0.1, 0.15) is 17.8 Å². The lowest BCUT2D eigenvalue weighted by molar-refractivity contribution is -0.145. The Labute approximate surface area is 394 Å². The molecule has 2 aromatic carbocycles. The van der Waals surface area contributed by atoms with E-state index >= 15 is 0 Å². The number of likely N-dealkylation sites (tertiary alicyclic amines) is 1. The van der Waals surface area contributed by atoms with Gasteiger partial charge in [0, 0.05) is 86.7 Å². The number of nitrogen functional groups attached to an aromatic ring is 1. The van der Waals surface area contributed by atoms with Crippen molar-refractivity contribution in [3.63, 3.8) is 0 Å². The minimum Gasteiger partial charge on any atom is -0.507 e. The standard InChI is InChI=1S/C49H60N12O5S/c1-28-42(67-27-54-28)31-12-10-29(11-13-31)20-51-46(65)40-18-36(62)26-60(40)47(66)43(49(2,3)4)55-45(64)32-16-35(17-32)58(5)23-30-21-52-48(53-22-30)61-33-14-15-34(61)25-59(24-33)39-19-38(56-57-44(39)50)37-8-6-7-9-41(37)63/h6-13,19,21-22,27,32-36,40,43,62-63H,14-18,20,23-26H2,1-5H3,(H2,50,57)(H,51,65)(H,55,64)/t32?,33?,34?,35?,36-,40+,43-/m1/s1. The largest absolute Gasteiger partial charge is 0.507 e. The topological polar surface area (TPSA) is 219 Å². The zero-order chi connectivity index (χ0) is 47.1. The maximum Gasteiger partial charge on any atom is 0.246 e. The van der Waals surface area contributed by atoms with E-state index in [0.29, 0.717) is 42.4 Å². The normalized spacial score (nSPS) is 23.0. The van der Waals surface area contributed by atoms with Crippen LogP contribution in [0, 0.1) is 18.3 Å². The van der Waals surface area contributed by atoms with Gasteiger partial charge in [-0.1, -0.05) is 57.2 Å². The highest BCUT2D eigenvalue weighted by molar-refractivity contribution is 7.13. The molecule has 4 fully saturated rings. The van der Waals surface area contributed by atoms with Crippen molar-refractivity contribution < 1.29 is 24.6 Å². The molecule has 0 radical (unpaired) electrons. The number of carbonyl (C=O) groups is 3. The Balaban J connectivity index is 0.759. The molecule has 2 bridgehead atoms. The first-order valence-corrected chi connectivity index (χ1v) is 24.0. The number of nitrogens with zero attached hydrogens (tertiary/aromatic N) is 9. The molecular weight excluding hydrogens is 869 g/mol. The van der Waals surface area contributed by atoms with E-state index < -0.39 is 23.6 Å². The van der Waals surface area contributed by atoms with Crippen LogP contribution in [-0.2, 0) is 27.5 Å². The molecule has 6 N–H and O–H groups in total. The molecule has 3 aromatic heterocycles. The second kappa shape index (κ2) is 18.8. The third-order valence-corrected chi connectivity index (χ3v) is 14.9. The van der Waals surface area contributed by atoms with E-state index in [0.717, 1.165) is 58.9 Å². The lowest BCUT2D eigenvalue weighted by Crippen LogP contribution is -2.59. The second-order valence-electron chi connectivity index (χ2n) is 19.7. The summed E-state index contributed by atoms with van der Waals surface area (Å²) in [6.45, 7) is 10.0. The molecule has 3 aliphatic heterocycles. The quantitative estimate of drug-likeness (QED) is 0.110. The Bertz CT molecular complexity index is 2580. The van der Waals surface area contributed by atoms with Crippen LogP contribution in [0.2, 0.25) is 0 Å². The number of anilines is 3. The number of para-hydroxylation sites is 1. The highest BCUT2D eigenvalue weighted by atomic mass is 32.1. The van der Waals surface area contributed by atoms with Gasteiger partial charge in [-0.15, -0.1) is 21.5 Å². The number of aliphatic hydroxyl groups excluding tert-OH is 1. The van der Waals surface area contributed by atoms with E-state index in [1.54, 1.807) is 23.5 Å². The number of hydrogen-bond donors (Lipinski definition) is 5. The van der Waals surface area contributed by atoms with E-state index in [2.05, 4.69) is 40.5 Å². The van der Waals surface area contributed by atoms with Gasteiger partial charge in [0.15, 0.2) is 5.82 Å². The lowest BCUT2D eigenvalue weighted by Gasteiger charge is -2.42. The lowest BCUT2D eigenvalue weighted by atomic mass is 9.77. The summed E-state index contributed by atoms with van der Waals surface area (Å²) in [5.74, 6) is 0.0429. The average molecular weight is 929 g/mol. The Morgan fingerprint density at radius 2 is 1.63 bits per heavy atom. The number of phenols is 1. The number of amides is 3. The maximum absolute atomic E-state index is 14.2. The molecule has 1 saturated carbocycles. The van der Waals surface area contributed by atoms with Gasteiger partial charge in [-0.05, 0) is 74.4 Å². The number of nitrogens with one attached hydrogen (secondary N) is 2. The van der Waals surface area contributed by atoms with Crippen LogP contribution in [0.1, 0.15) is 69.7 Å². The fraction of sp³-hybridized carbons (Fsp3) is 0.469. The van der Waals surface area contributed by atoms with Gasteiger partial charge >= 0.3 is 0 Å². The fourth-order valence-electron chi connectivity index (χ4n) is 10.1. The van der Waals surface area contributed by atoms with E-state index in [1.165, 1.54) is 4.90 Å². The number of rotatable bonds is 13. The number of aromatic hydroxyl groups is 1. The maximum atomic E-state index is 14.2. The number of aromatic nitrogens is 5. The number of fused-ring (bicyclic) bond motifs is 2. The molecular formula is C49H60N12O5S. The predicted octanol–water partition coefficient (Wildman–Crippen LogP) is 4.53. The number of aryl methyl sites for hydroxylation is 1. The van der Waals surface area contributed by atoms with Gasteiger partial charge in [-0.3, -0.25) is 19.3 Å². The van der Waals surface area contributed by atoms with E-state index in [4.69, 9.17) is 15.7 Å². The van der Waals surface area contributed by atoms with Crippen LogP contribution in [0.25, 0.3) is 21.7 Å². The van der Waals surface area contributed by atoms with Crippen molar-refractivity contribution in [1.29, 1.82) is 0 Å². The molecule has 1 aliphatic carbocycles. The van der Waals surface area contributed by atoms with Crippen molar-refractivity contribution in [2.75, 3.05) is 42.2 Å². The summed E-state index contributed by atoms with van der Waals surface area (Å²) in [4.78, 5) is 64.9. The van der Waals surface area contributed by atoms with Gasteiger partial charge in [0.2, 0.25) is 23.7 Å². The predicted molar refractivity (Wildman–Crippen MR) is 257 cm³/mol. The first-order valence-electron chi connectivity index (χ1n) is 23.1. The smallest absolute Gasteiger partial charge is 0.246 e. The molecule has 18 heteroatoms. The summed E-state index contributed by atoms with van der Waals surface area (Å²) in [5, 5.41) is 35.6. The molecule has 0 spiro atoms. The van der Waals surface area contributed by atoms with Crippen molar-refractivity contribution in [3.05, 3.63) is 89.3 Å². The Morgan fingerprint density at radius 1 is 0.925 bits per heavy atom. The van der Waals surface area contributed by atoms with Gasteiger partial charge in [0.25, 0.3) is 0 Å². The number of piperazine rings is 1. The SMILES string of the molecule is Cc1ncsc1-c1ccc(CNC(=O)[C@@H]2C[C@@H](O)CN2C(=O)[C@@H](NC(=O)C2CC(N(C)Cc3cnc(N4C5CCC4CN(c4cc(-c6ccccc6O)nnc4N)C5)nc3)C2)C(C)(C)C)cc1. The number of β-amino-alcohol motifs (C(OH)–C–C–N with tert-alkyl or cyclic N) is 1. The van der Waals surface area contributed by atoms with Crippen molar-refractivity contribution in [1.82, 2.24) is 45.6 Å². The van der Waals surface area contributed by atoms with Crippen molar-refractivity contribution in [3.8, 4) is 27.4 Å². The average Bonchev–Trinajstić information content (AvgIpc) is 3.98. The molecule has 5 atom stereocenters. The van der Waals surface area contributed by atoms with E-state index in [-0.39, 0.29) is 67.0 Å². The van der Waals surface area contributed by atoms with Crippen LogP contribution in [0.5, 0.6) is 5.75 Å².